The number of unbranched alkanes of at least 4 members (excludes halogenated alkanes) is 1. The van der Waals surface area contributed by atoms with E-state index in [1.54, 1.807) is 0 Å². The Kier molecular flexibility index (Phi) is 13.5. The summed E-state index contributed by atoms with van der Waals surface area (Å²) in [6, 6.07) is 29.3. The summed E-state index contributed by atoms with van der Waals surface area (Å²) >= 11 is 5.70. The molecule has 1 aliphatic rings. The largest absolute Gasteiger partial charge is 0.462 e. The lowest BCUT2D eigenvalue weighted by atomic mass is 9.97. The van der Waals surface area contributed by atoms with Gasteiger partial charge in [-0.15, -0.1) is 11.6 Å². The van der Waals surface area contributed by atoms with Crippen LogP contribution in [-0.2, 0) is 57.8 Å². The number of carbonyl (C=O) groups is 2. The van der Waals surface area contributed by atoms with Gasteiger partial charge in [0, 0.05) is 6.42 Å². The van der Waals surface area contributed by atoms with E-state index in [0.717, 1.165) is 23.0 Å². The normalized spacial score (nSPS) is 22.0. The molecular formula is C33H37ClO8. The zero-order valence-corrected chi connectivity index (χ0v) is 24.2. The fraction of sp³-hybridized carbons (Fsp3) is 0.394. The molecule has 0 amide bonds. The third kappa shape index (κ3) is 10.0. The number of rotatable bonds is 17. The molecule has 5 atom stereocenters. The van der Waals surface area contributed by atoms with Gasteiger partial charge in [0.05, 0.1) is 26.4 Å². The molecule has 1 fully saturated rings. The van der Waals surface area contributed by atoms with Crippen LogP contribution in [0.1, 0.15) is 29.5 Å². The van der Waals surface area contributed by atoms with E-state index in [4.69, 9.17) is 40.0 Å². The number of halogens is 1. The summed E-state index contributed by atoms with van der Waals surface area (Å²) in [4.78, 5) is 22.9. The summed E-state index contributed by atoms with van der Waals surface area (Å²) in [6.07, 6.45) is -1.95. The fourth-order valence-electron chi connectivity index (χ4n) is 4.59. The Morgan fingerprint density at radius 3 is 1.71 bits per heavy atom. The van der Waals surface area contributed by atoms with Crippen molar-refractivity contribution in [1.82, 2.24) is 0 Å². The molecule has 0 aliphatic carbocycles. The van der Waals surface area contributed by atoms with E-state index in [-0.39, 0.29) is 38.9 Å². The first-order valence-electron chi connectivity index (χ1n) is 14.1. The van der Waals surface area contributed by atoms with Crippen molar-refractivity contribution in [2.45, 2.75) is 63.4 Å². The van der Waals surface area contributed by atoms with Gasteiger partial charge >= 0.3 is 5.97 Å². The van der Waals surface area contributed by atoms with Crippen LogP contribution in [0.2, 0.25) is 0 Å². The monoisotopic (exact) mass is 596 g/mol. The van der Waals surface area contributed by atoms with Gasteiger partial charge in [-0.25, -0.2) is 0 Å². The minimum absolute atomic E-state index is 0.115. The van der Waals surface area contributed by atoms with Crippen molar-refractivity contribution in [3.05, 3.63) is 108 Å². The van der Waals surface area contributed by atoms with Crippen molar-refractivity contribution in [2.75, 3.05) is 19.1 Å². The lowest BCUT2D eigenvalue weighted by Crippen LogP contribution is -2.62. The Hall–Kier alpha value is -3.11. The summed E-state index contributed by atoms with van der Waals surface area (Å²) in [5.41, 5.74) is 2.91. The Labute approximate surface area is 251 Å². The van der Waals surface area contributed by atoms with Gasteiger partial charge in [0.1, 0.15) is 43.2 Å². The molecule has 224 valence electrons. The van der Waals surface area contributed by atoms with Crippen LogP contribution in [-0.4, -0.2) is 62.1 Å². The predicted octanol–water partition coefficient (Wildman–Crippen LogP) is 5.25. The van der Waals surface area contributed by atoms with E-state index in [2.05, 4.69) is 0 Å². The highest BCUT2D eigenvalue weighted by molar-refractivity contribution is 6.26. The number of esters is 1. The van der Waals surface area contributed by atoms with Crippen LogP contribution in [0.15, 0.2) is 91.0 Å². The van der Waals surface area contributed by atoms with Gasteiger partial charge < -0.3 is 33.2 Å². The molecule has 8 nitrogen and oxygen atoms in total. The molecule has 1 aliphatic heterocycles. The molecule has 0 aromatic heterocycles. The molecule has 1 saturated heterocycles. The van der Waals surface area contributed by atoms with Gasteiger partial charge in [-0.3, -0.25) is 4.79 Å². The molecule has 3 aromatic carbocycles. The van der Waals surface area contributed by atoms with Crippen molar-refractivity contribution in [3.8, 4) is 0 Å². The van der Waals surface area contributed by atoms with Crippen LogP contribution in [0.5, 0.6) is 0 Å². The van der Waals surface area contributed by atoms with Crippen molar-refractivity contribution in [2.24, 2.45) is 0 Å². The van der Waals surface area contributed by atoms with E-state index in [1.807, 2.05) is 91.0 Å². The molecule has 0 unspecified atom stereocenters. The molecule has 0 spiro atoms. The zero-order chi connectivity index (χ0) is 29.4. The van der Waals surface area contributed by atoms with Crippen molar-refractivity contribution < 1.29 is 38.0 Å². The average molecular weight is 597 g/mol. The quantitative estimate of drug-likeness (QED) is 0.0904. The summed E-state index contributed by atoms with van der Waals surface area (Å²) in [5.74, 6) is -0.861. The lowest BCUT2D eigenvalue weighted by molar-refractivity contribution is -0.327. The SMILES string of the molecule is O=CCCCO[C@@H]1O[C@H](COC(=O)CCl)[C@@H](OCc2ccccc2)[C@H](OCc2ccccc2)[C@H]1OCc1ccccc1. The number of carbonyl (C=O) groups excluding carboxylic acids is 2. The first-order chi connectivity index (χ1) is 20.7. The molecule has 9 heteroatoms. The summed E-state index contributed by atoms with van der Waals surface area (Å²) in [5, 5.41) is 0. The van der Waals surface area contributed by atoms with Crippen LogP contribution in [0.25, 0.3) is 0 Å². The van der Waals surface area contributed by atoms with E-state index in [9.17, 15) is 9.59 Å². The molecule has 3 aromatic rings. The maximum absolute atomic E-state index is 12.0. The van der Waals surface area contributed by atoms with E-state index < -0.39 is 36.7 Å². The second-order valence-electron chi connectivity index (χ2n) is 9.82. The van der Waals surface area contributed by atoms with Gasteiger partial charge in [-0.2, -0.15) is 0 Å². The topological polar surface area (TPSA) is 89.5 Å². The van der Waals surface area contributed by atoms with Crippen LogP contribution in [0, 0.1) is 0 Å². The second kappa shape index (κ2) is 17.8. The summed E-state index contributed by atoms with van der Waals surface area (Å²) in [7, 11) is 0. The lowest BCUT2D eigenvalue weighted by Gasteiger charge is -2.45. The van der Waals surface area contributed by atoms with E-state index in [1.165, 1.54) is 0 Å². The van der Waals surface area contributed by atoms with Crippen LogP contribution >= 0.6 is 11.6 Å². The number of aldehydes is 1. The predicted molar refractivity (Wildman–Crippen MR) is 157 cm³/mol. The molecular weight excluding hydrogens is 560 g/mol. The smallest absolute Gasteiger partial charge is 0.320 e. The van der Waals surface area contributed by atoms with Gasteiger partial charge in [-0.1, -0.05) is 91.0 Å². The highest BCUT2D eigenvalue weighted by Gasteiger charge is 2.49. The summed E-state index contributed by atoms with van der Waals surface area (Å²) < 4.78 is 37.4. The molecule has 0 radical (unpaired) electrons. The zero-order valence-electron chi connectivity index (χ0n) is 23.4. The molecule has 0 N–H and O–H groups in total. The molecule has 1 heterocycles. The number of benzene rings is 3. The van der Waals surface area contributed by atoms with Gasteiger partial charge in [-0.05, 0) is 23.1 Å². The minimum Gasteiger partial charge on any atom is -0.462 e. The van der Waals surface area contributed by atoms with Crippen LogP contribution in [0.3, 0.4) is 0 Å². The minimum atomic E-state index is -0.877. The first-order valence-corrected chi connectivity index (χ1v) is 14.6. The Morgan fingerprint density at radius 2 is 1.21 bits per heavy atom. The highest BCUT2D eigenvalue weighted by atomic mass is 35.5. The number of hydrogen-bond donors (Lipinski definition) is 0. The third-order valence-corrected chi connectivity index (χ3v) is 6.93. The molecule has 0 bridgehead atoms. The van der Waals surface area contributed by atoms with E-state index >= 15 is 0 Å². The maximum atomic E-state index is 12.0. The van der Waals surface area contributed by atoms with Gasteiger partial charge in [0.15, 0.2) is 6.29 Å². The van der Waals surface area contributed by atoms with Crippen molar-refractivity contribution in [3.63, 3.8) is 0 Å². The average Bonchev–Trinajstić information content (AvgIpc) is 3.04. The number of alkyl halides is 1. The van der Waals surface area contributed by atoms with E-state index in [0.29, 0.717) is 12.8 Å². The van der Waals surface area contributed by atoms with Crippen LogP contribution in [0.4, 0.5) is 0 Å². The number of ether oxygens (including phenoxy) is 6. The summed E-state index contributed by atoms with van der Waals surface area (Å²) in [6.45, 7) is 0.995. The maximum Gasteiger partial charge on any atom is 0.320 e. The standard InChI is InChI=1S/C33H37ClO8/c34-20-29(36)38-24-28-30(39-21-25-12-4-1-5-13-25)31(40-22-26-14-6-2-7-15-26)32(33(42-28)37-19-11-10-18-35)41-23-27-16-8-3-9-17-27/h1-9,12-18,28,30-33H,10-11,19-24H2/t28-,30-,31+,32-,33-/m1/s1. The Morgan fingerprint density at radius 1 is 0.714 bits per heavy atom. The molecule has 42 heavy (non-hydrogen) atoms. The molecule has 4 rings (SSSR count). The Balaban J connectivity index is 1.63. The van der Waals surface area contributed by atoms with Crippen molar-refractivity contribution >= 4 is 23.9 Å². The molecule has 0 saturated carbocycles. The second-order valence-corrected chi connectivity index (χ2v) is 10.1. The van der Waals surface area contributed by atoms with Crippen molar-refractivity contribution in [1.29, 1.82) is 0 Å². The third-order valence-electron chi connectivity index (χ3n) is 6.71. The van der Waals surface area contributed by atoms with Gasteiger partial charge in [0.2, 0.25) is 0 Å². The number of hydrogen-bond acceptors (Lipinski definition) is 8. The first kappa shape index (κ1) is 31.8. The fourth-order valence-corrected chi connectivity index (χ4v) is 4.67. The Bertz CT molecular complexity index is 1180. The van der Waals surface area contributed by atoms with Gasteiger partial charge in [0.25, 0.3) is 0 Å². The van der Waals surface area contributed by atoms with Crippen LogP contribution < -0.4 is 0 Å². The highest BCUT2D eigenvalue weighted by Crippen LogP contribution is 2.31.